The highest BCUT2D eigenvalue weighted by Gasteiger charge is 2.43. The lowest BCUT2D eigenvalue weighted by Crippen LogP contribution is -2.35. The number of rotatable bonds is 0. The summed E-state index contributed by atoms with van der Waals surface area (Å²) in [5.41, 5.74) is 0.668. The Hall–Kier alpha value is 0.310. The molecule has 0 aromatic heterocycles. The summed E-state index contributed by atoms with van der Waals surface area (Å²) in [7, 11) is 0. The van der Waals surface area contributed by atoms with Crippen molar-refractivity contribution < 1.29 is 0 Å². The van der Waals surface area contributed by atoms with E-state index in [4.69, 9.17) is 12.6 Å². The molecule has 1 N–H and O–H groups in total. The van der Waals surface area contributed by atoms with Gasteiger partial charge in [0.2, 0.25) is 0 Å². The summed E-state index contributed by atoms with van der Waals surface area (Å²) in [6.45, 7) is 4.75. The third kappa shape index (κ3) is 1.64. The maximum Gasteiger partial charge on any atom is 0.0107 e. The van der Waals surface area contributed by atoms with Crippen molar-refractivity contribution in [3.8, 4) is 0 Å². The quantitative estimate of drug-likeness (QED) is 0.552. The normalized spacial score (nSPS) is 40.5. The first-order valence-electron chi connectivity index (χ1n) is 5.05. The molecule has 1 nitrogen and oxygen atoms in total. The number of thiol groups is 1. The summed E-state index contributed by atoms with van der Waals surface area (Å²) in [4.78, 5) is 0. The molecule has 70 valence electrons. The Morgan fingerprint density at radius 1 is 1.08 bits per heavy atom. The Balaban J connectivity index is 2.03. The monoisotopic (exact) mass is 185 g/mol. The van der Waals surface area contributed by atoms with Crippen molar-refractivity contribution in [1.29, 1.82) is 0 Å². The topological polar surface area (TPSA) is 12.0 Å². The molecule has 0 aromatic carbocycles. The summed E-state index contributed by atoms with van der Waals surface area (Å²) in [6, 6.07) is 0. The van der Waals surface area contributed by atoms with E-state index in [1.54, 1.807) is 0 Å². The van der Waals surface area contributed by atoms with Crippen molar-refractivity contribution in [2.45, 2.75) is 43.8 Å². The van der Waals surface area contributed by atoms with Gasteiger partial charge in [-0.25, -0.2) is 0 Å². The van der Waals surface area contributed by atoms with Crippen molar-refractivity contribution >= 4 is 12.6 Å². The van der Waals surface area contributed by atoms with Crippen molar-refractivity contribution in [3.63, 3.8) is 0 Å². The van der Waals surface area contributed by atoms with Crippen molar-refractivity contribution in [2.24, 2.45) is 5.41 Å². The first kappa shape index (κ1) is 8.89. The van der Waals surface area contributed by atoms with Crippen LogP contribution in [0, 0.1) is 5.41 Å². The van der Waals surface area contributed by atoms with E-state index in [1.807, 2.05) is 0 Å². The molecule has 2 aliphatic rings. The van der Waals surface area contributed by atoms with E-state index in [2.05, 4.69) is 12.2 Å². The maximum atomic E-state index is 4.71. The van der Waals surface area contributed by atoms with Crippen molar-refractivity contribution in [3.05, 3.63) is 0 Å². The molecule has 1 aliphatic heterocycles. The average Bonchev–Trinajstić information content (AvgIpc) is 2.29. The first-order valence-corrected chi connectivity index (χ1v) is 5.50. The van der Waals surface area contributed by atoms with Gasteiger partial charge in [0.1, 0.15) is 0 Å². The Kier molecular flexibility index (Phi) is 2.16. The summed E-state index contributed by atoms with van der Waals surface area (Å²) >= 11 is 4.71. The number of piperidine rings is 1. The second kappa shape index (κ2) is 2.91. The molecular formula is C10H19NS. The average molecular weight is 185 g/mol. The van der Waals surface area contributed by atoms with E-state index in [0.717, 1.165) is 0 Å². The standard InChI is InChI=1S/C10H19NS/c1-9(12)2-3-10(8-9)4-6-11-7-5-10/h11-12H,2-8H2,1H3. The first-order chi connectivity index (χ1) is 5.62. The molecule has 0 radical (unpaired) electrons. The molecule has 1 saturated heterocycles. The summed E-state index contributed by atoms with van der Waals surface area (Å²) in [6.07, 6.45) is 6.82. The Morgan fingerprint density at radius 3 is 2.25 bits per heavy atom. The lowest BCUT2D eigenvalue weighted by molar-refractivity contribution is 0.206. The molecule has 12 heavy (non-hydrogen) atoms. The van der Waals surface area contributed by atoms with E-state index >= 15 is 0 Å². The predicted molar refractivity (Wildman–Crippen MR) is 55.8 cm³/mol. The molecule has 0 aromatic rings. The van der Waals surface area contributed by atoms with Gasteiger partial charge in [0, 0.05) is 4.75 Å². The fourth-order valence-electron chi connectivity index (χ4n) is 2.90. The molecule has 2 heteroatoms. The Morgan fingerprint density at radius 2 is 1.75 bits per heavy atom. The van der Waals surface area contributed by atoms with Gasteiger partial charge in [-0.3, -0.25) is 0 Å². The Labute approximate surface area is 80.7 Å². The van der Waals surface area contributed by atoms with E-state index in [9.17, 15) is 0 Å². The van der Waals surface area contributed by atoms with E-state index in [-0.39, 0.29) is 0 Å². The summed E-state index contributed by atoms with van der Waals surface area (Å²) in [5.74, 6) is 0. The van der Waals surface area contributed by atoms with Gasteiger partial charge in [-0.15, -0.1) is 0 Å². The zero-order valence-electron chi connectivity index (χ0n) is 7.90. The third-order valence-electron chi connectivity index (χ3n) is 3.61. The highest BCUT2D eigenvalue weighted by molar-refractivity contribution is 7.81. The van der Waals surface area contributed by atoms with Gasteiger partial charge in [-0.1, -0.05) is 6.92 Å². The highest BCUT2D eigenvalue weighted by atomic mass is 32.1. The van der Waals surface area contributed by atoms with Crippen LogP contribution in [0.4, 0.5) is 0 Å². The van der Waals surface area contributed by atoms with Crippen LogP contribution in [0.15, 0.2) is 0 Å². The number of hydrogen-bond acceptors (Lipinski definition) is 2. The fraction of sp³-hybridized carbons (Fsp3) is 1.00. The van der Waals surface area contributed by atoms with E-state index in [0.29, 0.717) is 10.2 Å². The van der Waals surface area contributed by atoms with Crippen molar-refractivity contribution in [1.82, 2.24) is 5.32 Å². The zero-order chi connectivity index (χ0) is 8.66. The van der Waals surface area contributed by atoms with Gasteiger partial charge in [-0.05, 0) is 50.6 Å². The minimum Gasteiger partial charge on any atom is -0.317 e. The summed E-state index contributed by atoms with van der Waals surface area (Å²) in [5, 5.41) is 3.44. The molecule has 2 fully saturated rings. The molecular weight excluding hydrogens is 166 g/mol. The SMILES string of the molecule is CC1(S)CCC2(CCNCC2)C1. The molecule has 1 saturated carbocycles. The van der Waals surface area contributed by atoms with Crippen LogP contribution in [-0.4, -0.2) is 17.8 Å². The van der Waals surface area contributed by atoms with E-state index < -0.39 is 0 Å². The highest BCUT2D eigenvalue weighted by Crippen LogP contribution is 2.51. The maximum absolute atomic E-state index is 4.71. The van der Waals surface area contributed by atoms with Crippen LogP contribution < -0.4 is 5.32 Å². The lowest BCUT2D eigenvalue weighted by atomic mass is 9.77. The summed E-state index contributed by atoms with van der Waals surface area (Å²) < 4.78 is 0.331. The Bertz CT molecular complexity index is 171. The van der Waals surface area contributed by atoms with Gasteiger partial charge in [0.05, 0.1) is 0 Å². The lowest BCUT2D eigenvalue weighted by Gasteiger charge is -2.34. The van der Waals surface area contributed by atoms with Crippen LogP contribution in [0.2, 0.25) is 0 Å². The van der Waals surface area contributed by atoms with Gasteiger partial charge >= 0.3 is 0 Å². The van der Waals surface area contributed by atoms with Crippen LogP contribution >= 0.6 is 12.6 Å². The van der Waals surface area contributed by atoms with Crippen LogP contribution in [0.1, 0.15) is 39.0 Å². The van der Waals surface area contributed by atoms with Crippen LogP contribution in [-0.2, 0) is 0 Å². The van der Waals surface area contributed by atoms with E-state index in [1.165, 1.54) is 45.2 Å². The van der Waals surface area contributed by atoms with Gasteiger partial charge in [-0.2, -0.15) is 12.6 Å². The molecule has 0 bridgehead atoms. The molecule has 1 spiro atoms. The van der Waals surface area contributed by atoms with Gasteiger partial charge in [0.25, 0.3) is 0 Å². The fourth-order valence-corrected chi connectivity index (χ4v) is 3.35. The molecule has 1 heterocycles. The second-order valence-corrected chi connectivity index (χ2v) is 6.00. The minimum atomic E-state index is 0.331. The van der Waals surface area contributed by atoms with Gasteiger partial charge in [0.15, 0.2) is 0 Å². The molecule has 2 rings (SSSR count). The van der Waals surface area contributed by atoms with Crippen LogP contribution in [0.3, 0.4) is 0 Å². The van der Waals surface area contributed by atoms with Crippen LogP contribution in [0.5, 0.6) is 0 Å². The largest absolute Gasteiger partial charge is 0.317 e. The van der Waals surface area contributed by atoms with Crippen molar-refractivity contribution in [2.75, 3.05) is 13.1 Å². The third-order valence-corrected chi connectivity index (χ3v) is 4.00. The zero-order valence-corrected chi connectivity index (χ0v) is 8.79. The molecule has 0 amide bonds. The second-order valence-electron chi connectivity index (χ2n) is 4.92. The smallest absolute Gasteiger partial charge is 0.0107 e. The molecule has 1 aliphatic carbocycles. The number of hydrogen-bond donors (Lipinski definition) is 2. The number of nitrogens with one attached hydrogen (secondary N) is 1. The molecule has 1 atom stereocenters. The predicted octanol–water partition coefficient (Wildman–Crippen LogP) is 2.23. The molecule has 1 unspecified atom stereocenters. The van der Waals surface area contributed by atoms with Gasteiger partial charge < -0.3 is 5.32 Å². The minimum absolute atomic E-state index is 0.331. The van der Waals surface area contributed by atoms with Crippen LogP contribution in [0.25, 0.3) is 0 Å².